The Labute approximate surface area is 178 Å². The summed E-state index contributed by atoms with van der Waals surface area (Å²) in [4.78, 5) is 0. The van der Waals surface area contributed by atoms with Gasteiger partial charge in [0.05, 0.1) is 26.4 Å². The van der Waals surface area contributed by atoms with Gasteiger partial charge in [-0.05, 0) is 46.0 Å². The van der Waals surface area contributed by atoms with Crippen LogP contribution in [0.25, 0.3) is 0 Å². The first-order valence-corrected chi connectivity index (χ1v) is 11.2. The molecule has 8 heteroatoms. The third-order valence-corrected chi connectivity index (χ3v) is 5.07. The van der Waals surface area contributed by atoms with Gasteiger partial charge < -0.3 is 41.9 Å². The largest absolute Gasteiger partial charge is 0.351 e. The van der Waals surface area contributed by atoms with Crippen molar-refractivity contribution in [3.05, 3.63) is 0 Å². The highest BCUT2D eigenvalue weighted by Gasteiger charge is 2.27. The summed E-state index contributed by atoms with van der Waals surface area (Å²) in [5, 5.41) is 0. The monoisotopic (exact) mass is 420 g/mol. The van der Waals surface area contributed by atoms with Gasteiger partial charge in [-0.3, -0.25) is 0 Å². The molecule has 0 aromatic carbocycles. The van der Waals surface area contributed by atoms with Crippen molar-refractivity contribution >= 4 is 0 Å². The van der Waals surface area contributed by atoms with E-state index in [9.17, 15) is 0 Å². The van der Waals surface area contributed by atoms with Gasteiger partial charge in [0.1, 0.15) is 0 Å². The van der Waals surface area contributed by atoms with Crippen molar-refractivity contribution in [2.75, 3.05) is 26.4 Å². The van der Waals surface area contributed by atoms with Gasteiger partial charge in [0, 0.05) is 30.6 Å². The smallest absolute Gasteiger partial charge is 0.165 e. The van der Waals surface area contributed by atoms with E-state index in [4.69, 9.17) is 41.9 Å². The third kappa shape index (κ3) is 15.2. The Morgan fingerprint density at radius 2 is 1.10 bits per heavy atom. The normalized spacial score (nSPS) is 19.3. The van der Waals surface area contributed by atoms with Gasteiger partial charge in [-0.1, -0.05) is 20.8 Å². The Hall–Kier alpha value is -0.320. The van der Waals surface area contributed by atoms with Gasteiger partial charge in [-0.2, -0.15) is 0 Å². The van der Waals surface area contributed by atoms with Gasteiger partial charge in [-0.15, -0.1) is 0 Å². The first kappa shape index (κ1) is 28.7. The van der Waals surface area contributed by atoms with Crippen LogP contribution < -0.4 is 22.9 Å². The molecule has 0 aliphatic rings. The van der Waals surface area contributed by atoms with Crippen molar-refractivity contribution in [3.63, 3.8) is 0 Å². The van der Waals surface area contributed by atoms with Crippen LogP contribution in [0, 0.1) is 0 Å². The average molecular weight is 421 g/mol. The van der Waals surface area contributed by atoms with Crippen LogP contribution in [0.1, 0.15) is 73.1 Å². The fourth-order valence-corrected chi connectivity index (χ4v) is 2.44. The average Bonchev–Trinajstić information content (AvgIpc) is 2.72. The van der Waals surface area contributed by atoms with Crippen molar-refractivity contribution < 1.29 is 18.9 Å². The molecule has 8 N–H and O–H groups in total. The van der Waals surface area contributed by atoms with Crippen LogP contribution in [0.5, 0.6) is 0 Å². The first-order chi connectivity index (χ1) is 13.7. The lowest BCUT2D eigenvalue weighted by Crippen LogP contribution is -2.41. The highest BCUT2D eigenvalue weighted by Crippen LogP contribution is 2.22. The molecule has 0 aromatic rings. The lowest BCUT2D eigenvalue weighted by Gasteiger charge is -2.32. The number of nitrogens with two attached hydrogens (primary N) is 4. The maximum atomic E-state index is 6.19. The Morgan fingerprint density at radius 3 is 1.55 bits per heavy atom. The molecule has 0 rings (SSSR count). The van der Waals surface area contributed by atoms with Crippen LogP contribution in [0.4, 0.5) is 0 Å². The fraction of sp³-hybridized carbons (Fsp3) is 1.00. The van der Waals surface area contributed by atoms with Crippen molar-refractivity contribution in [2.45, 2.75) is 109 Å². The lowest BCUT2D eigenvalue weighted by molar-refractivity contribution is -0.234. The molecule has 0 spiro atoms. The summed E-state index contributed by atoms with van der Waals surface area (Å²) in [6.45, 7) is 11.8. The summed E-state index contributed by atoms with van der Waals surface area (Å²) in [7, 11) is 0. The number of hydrogen-bond donors (Lipinski definition) is 4. The molecule has 0 fully saturated rings. The molecule has 0 saturated heterocycles. The SMILES string of the molecule is CCC(N)COC(C)OCC(N)CCCC(C)(OCC(N)CC)OCC(N)CC. The van der Waals surface area contributed by atoms with Crippen LogP contribution >= 0.6 is 0 Å². The zero-order valence-electron chi connectivity index (χ0n) is 19.4. The van der Waals surface area contributed by atoms with E-state index < -0.39 is 5.79 Å². The Balaban J connectivity index is 4.30. The molecule has 29 heavy (non-hydrogen) atoms. The summed E-state index contributed by atoms with van der Waals surface area (Å²) in [5.41, 5.74) is 24.0. The Kier molecular flexibility index (Phi) is 16.2. The zero-order valence-corrected chi connectivity index (χ0v) is 19.4. The minimum absolute atomic E-state index is 0.00394. The van der Waals surface area contributed by atoms with E-state index in [1.807, 2.05) is 34.6 Å². The topological polar surface area (TPSA) is 141 Å². The number of hydrogen-bond acceptors (Lipinski definition) is 8. The molecule has 8 nitrogen and oxygen atoms in total. The van der Waals surface area contributed by atoms with E-state index in [1.165, 1.54) is 0 Å². The second-order valence-corrected chi connectivity index (χ2v) is 8.15. The van der Waals surface area contributed by atoms with E-state index in [0.717, 1.165) is 32.1 Å². The van der Waals surface area contributed by atoms with E-state index in [0.29, 0.717) is 32.8 Å². The van der Waals surface area contributed by atoms with Crippen LogP contribution in [0.15, 0.2) is 0 Å². The molecule has 0 heterocycles. The summed E-state index contributed by atoms with van der Waals surface area (Å²) in [6.07, 6.45) is 4.63. The molecule has 176 valence electrons. The van der Waals surface area contributed by atoms with E-state index in [2.05, 4.69) is 0 Å². The van der Waals surface area contributed by atoms with E-state index >= 15 is 0 Å². The van der Waals surface area contributed by atoms with Gasteiger partial charge >= 0.3 is 0 Å². The summed E-state index contributed by atoms with van der Waals surface area (Å²) < 4.78 is 23.3. The van der Waals surface area contributed by atoms with Gasteiger partial charge in [0.25, 0.3) is 0 Å². The maximum absolute atomic E-state index is 6.19. The van der Waals surface area contributed by atoms with E-state index in [1.54, 1.807) is 0 Å². The van der Waals surface area contributed by atoms with Gasteiger partial charge in [0.15, 0.2) is 12.1 Å². The quantitative estimate of drug-likeness (QED) is 0.232. The highest BCUT2D eigenvalue weighted by atomic mass is 16.7. The third-order valence-electron chi connectivity index (χ3n) is 5.07. The maximum Gasteiger partial charge on any atom is 0.165 e. The van der Waals surface area contributed by atoms with Crippen LogP contribution in [0.3, 0.4) is 0 Å². The van der Waals surface area contributed by atoms with Gasteiger partial charge in [-0.25, -0.2) is 0 Å². The van der Waals surface area contributed by atoms with Crippen LogP contribution in [-0.4, -0.2) is 62.7 Å². The molecular weight excluding hydrogens is 372 g/mol. The molecule has 0 aliphatic heterocycles. The van der Waals surface area contributed by atoms with Crippen molar-refractivity contribution in [1.29, 1.82) is 0 Å². The molecule has 0 saturated carbocycles. The van der Waals surface area contributed by atoms with Crippen molar-refractivity contribution in [2.24, 2.45) is 22.9 Å². The Morgan fingerprint density at radius 1 is 0.690 bits per heavy atom. The summed E-state index contributed by atoms with van der Waals surface area (Å²) in [5.74, 6) is -0.715. The molecule has 0 aromatic heterocycles. The second-order valence-electron chi connectivity index (χ2n) is 8.15. The zero-order chi connectivity index (χ0) is 22.3. The number of ether oxygens (including phenoxy) is 4. The minimum Gasteiger partial charge on any atom is -0.351 e. The standard InChI is InChI=1S/C21H48N4O4/c1-6-17(22)12-26-16(4)27-13-20(25)10-9-11-21(5,28-14-18(23)7-2)29-15-19(24)8-3/h16-20H,6-15,22-25H2,1-5H3. The van der Waals surface area contributed by atoms with Crippen LogP contribution in [0.2, 0.25) is 0 Å². The molecule has 5 atom stereocenters. The Bertz CT molecular complexity index is 376. The highest BCUT2D eigenvalue weighted by molar-refractivity contribution is 4.71. The number of rotatable bonds is 19. The molecule has 5 unspecified atom stereocenters. The predicted octanol–water partition coefficient (Wildman–Crippen LogP) is 1.82. The molecular formula is C21H48N4O4. The van der Waals surface area contributed by atoms with Gasteiger partial charge in [0.2, 0.25) is 0 Å². The molecule has 0 bridgehead atoms. The minimum atomic E-state index is -0.715. The predicted molar refractivity (Wildman–Crippen MR) is 118 cm³/mol. The fourth-order valence-electron chi connectivity index (χ4n) is 2.44. The van der Waals surface area contributed by atoms with Crippen molar-refractivity contribution in [3.8, 4) is 0 Å². The van der Waals surface area contributed by atoms with Crippen molar-refractivity contribution in [1.82, 2.24) is 0 Å². The first-order valence-electron chi connectivity index (χ1n) is 11.2. The summed E-state index contributed by atoms with van der Waals surface area (Å²) in [6, 6.07) is -0.0542. The molecule has 0 aliphatic carbocycles. The molecule has 0 amide bonds. The second kappa shape index (κ2) is 16.4. The van der Waals surface area contributed by atoms with Crippen LogP contribution in [-0.2, 0) is 18.9 Å². The molecule has 0 radical (unpaired) electrons. The summed E-state index contributed by atoms with van der Waals surface area (Å²) >= 11 is 0. The lowest BCUT2D eigenvalue weighted by atomic mass is 10.1. The van der Waals surface area contributed by atoms with E-state index in [-0.39, 0.29) is 30.5 Å².